The van der Waals surface area contributed by atoms with Gasteiger partial charge in [-0.25, -0.2) is 0 Å². The monoisotopic (exact) mass is 345 g/mol. The molecule has 1 aliphatic rings. The normalized spacial score (nSPS) is 17.1. The van der Waals surface area contributed by atoms with Crippen LogP contribution >= 0.6 is 11.3 Å². The minimum atomic E-state index is -0.449. The Labute approximate surface area is 148 Å². The molecule has 0 aliphatic heterocycles. The van der Waals surface area contributed by atoms with Gasteiger partial charge in [0.15, 0.2) is 0 Å². The number of rotatable bonds is 10. The zero-order valence-electron chi connectivity index (χ0n) is 14.3. The van der Waals surface area contributed by atoms with E-state index in [2.05, 4.69) is 42.2 Å². The second kappa shape index (κ2) is 8.77. The fraction of sp³-hybridized carbons (Fsp3) is 0.500. The lowest BCUT2D eigenvalue weighted by Gasteiger charge is -2.31. The van der Waals surface area contributed by atoms with Crippen molar-refractivity contribution in [2.45, 2.75) is 45.1 Å². The number of hydrogen-bond acceptors (Lipinski definition) is 4. The van der Waals surface area contributed by atoms with Crippen molar-refractivity contribution in [1.29, 1.82) is 0 Å². The molecule has 1 heterocycles. The summed E-state index contributed by atoms with van der Waals surface area (Å²) in [6.45, 7) is 4.82. The molecule has 2 atom stereocenters. The maximum Gasteiger partial charge on any atom is 0.0900 e. The molecule has 0 spiro atoms. The Hall–Kier alpha value is -1.20. The molecule has 0 amide bonds. The van der Waals surface area contributed by atoms with E-state index in [0.29, 0.717) is 25.8 Å². The van der Waals surface area contributed by atoms with Gasteiger partial charge in [-0.15, -0.1) is 11.3 Å². The molecule has 4 heteroatoms. The molecule has 1 aromatic carbocycles. The molecule has 0 saturated heterocycles. The molecule has 0 unspecified atom stereocenters. The number of aliphatic hydroxyl groups is 1. The van der Waals surface area contributed by atoms with E-state index in [-0.39, 0.29) is 0 Å². The van der Waals surface area contributed by atoms with Crippen LogP contribution in [0.2, 0.25) is 0 Å². The van der Waals surface area contributed by atoms with Crippen LogP contribution in [-0.2, 0) is 17.9 Å². The van der Waals surface area contributed by atoms with E-state index in [4.69, 9.17) is 4.74 Å². The third-order valence-corrected chi connectivity index (χ3v) is 5.54. The molecule has 3 rings (SSSR count). The summed E-state index contributed by atoms with van der Waals surface area (Å²) in [5.74, 6) is 0.785. The van der Waals surface area contributed by atoms with Gasteiger partial charge in [0, 0.05) is 24.0 Å². The maximum atomic E-state index is 10.4. The van der Waals surface area contributed by atoms with Gasteiger partial charge in [0.2, 0.25) is 0 Å². The molecule has 0 radical (unpaired) electrons. The summed E-state index contributed by atoms with van der Waals surface area (Å²) in [7, 11) is 0. The second-order valence-corrected chi connectivity index (χ2v) is 7.77. The van der Waals surface area contributed by atoms with Crippen LogP contribution in [0.4, 0.5) is 0 Å². The summed E-state index contributed by atoms with van der Waals surface area (Å²) >= 11 is 1.69. The highest BCUT2D eigenvalue weighted by molar-refractivity contribution is 7.09. The Morgan fingerprint density at radius 3 is 2.67 bits per heavy atom. The van der Waals surface area contributed by atoms with Gasteiger partial charge >= 0.3 is 0 Å². The molecule has 1 aliphatic carbocycles. The van der Waals surface area contributed by atoms with Crippen LogP contribution in [0.1, 0.15) is 30.2 Å². The number of nitrogens with zero attached hydrogens (tertiary/aromatic N) is 1. The minimum Gasteiger partial charge on any atom is -0.389 e. The summed E-state index contributed by atoms with van der Waals surface area (Å²) in [6.07, 6.45) is 2.18. The van der Waals surface area contributed by atoms with Crippen LogP contribution in [0.25, 0.3) is 0 Å². The smallest absolute Gasteiger partial charge is 0.0900 e. The Morgan fingerprint density at radius 1 is 1.21 bits per heavy atom. The van der Waals surface area contributed by atoms with Crippen molar-refractivity contribution in [3.05, 3.63) is 58.3 Å². The third kappa shape index (κ3) is 5.42. The van der Waals surface area contributed by atoms with Crippen molar-refractivity contribution < 1.29 is 9.84 Å². The van der Waals surface area contributed by atoms with E-state index < -0.39 is 6.10 Å². The van der Waals surface area contributed by atoms with Gasteiger partial charge in [0.05, 0.1) is 19.3 Å². The predicted molar refractivity (Wildman–Crippen MR) is 99.0 cm³/mol. The van der Waals surface area contributed by atoms with Crippen LogP contribution in [-0.4, -0.2) is 35.3 Å². The van der Waals surface area contributed by atoms with Gasteiger partial charge in [-0.2, -0.15) is 0 Å². The topological polar surface area (TPSA) is 32.7 Å². The standard InChI is InChI=1S/C20H27NO2S/c1-16(18-9-10-18)21(12-17-6-3-2-4-7-17)13-19(22)14-23-15-20-8-5-11-24-20/h2-8,11,16,18-19,22H,9-10,12-15H2,1H3/t16-,19-/m0/s1. The van der Waals surface area contributed by atoms with Crippen LogP contribution < -0.4 is 0 Å². The quantitative estimate of drug-likeness (QED) is 0.708. The van der Waals surface area contributed by atoms with E-state index in [1.807, 2.05) is 17.5 Å². The molecule has 2 aromatic rings. The summed E-state index contributed by atoms with van der Waals surface area (Å²) in [5.41, 5.74) is 1.30. The van der Waals surface area contributed by atoms with Gasteiger partial charge in [-0.3, -0.25) is 4.90 Å². The SMILES string of the molecule is C[C@@H](C1CC1)N(Cc1ccccc1)C[C@H](O)COCc1cccs1. The molecule has 130 valence electrons. The Kier molecular flexibility index (Phi) is 6.44. The number of thiophene rings is 1. The van der Waals surface area contributed by atoms with Gasteiger partial charge in [-0.05, 0) is 42.7 Å². The first-order valence-electron chi connectivity index (χ1n) is 8.78. The molecule has 1 N–H and O–H groups in total. The molecule has 3 nitrogen and oxygen atoms in total. The Balaban J connectivity index is 1.50. The second-order valence-electron chi connectivity index (χ2n) is 6.74. The van der Waals surface area contributed by atoms with E-state index >= 15 is 0 Å². The lowest BCUT2D eigenvalue weighted by atomic mass is 10.1. The fourth-order valence-electron chi connectivity index (χ4n) is 3.08. The van der Waals surface area contributed by atoms with Crippen molar-refractivity contribution in [2.24, 2.45) is 5.92 Å². The van der Waals surface area contributed by atoms with Gasteiger partial charge in [0.1, 0.15) is 0 Å². The van der Waals surface area contributed by atoms with Crippen LogP contribution in [0.3, 0.4) is 0 Å². The van der Waals surface area contributed by atoms with E-state index in [1.165, 1.54) is 23.3 Å². The lowest BCUT2D eigenvalue weighted by molar-refractivity contribution is 0.000544. The van der Waals surface area contributed by atoms with Gasteiger partial charge in [0.25, 0.3) is 0 Å². The molecule has 1 fully saturated rings. The predicted octanol–water partition coefficient (Wildman–Crippen LogP) is 3.93. The van der Waals surface area contributed by atoms with Crippen molar-refractivity contribution >= 4 is 11.3 Å². The largest absolute Gasteiger partial charge is 0.389 e. The minimum absolute atomic E-state index is 0.389. The zero-order chi connectivity index (χ0) is 16.8. The number of aliphatic hydroxyl groups excluding tert-OH is 1. The first kappa shape index (κ1) is 17.6. The molecule has 24 heavy (non-hydrogen) atoms. The van der Waals surface area contributed by atoms with E-state index in [0.717, 1.165) is 12.5 Å². The molecule has 1 aromatic heterocycles. The third-order valence-electron chi connectivity index (χ3n) is 4.69. The van der Waals surface area contributed by atoms with Gasteiger partial charge in [-0.1, -0.05) is 36.4 Å². The van der Waals surface area contributed by atoms with Crippen molar-refractivity contribution in [3.8, 4) is 0 Å². The van der Waals surface area contributed by atoms with Crippen molar-refractivity contribution in [3.63, 3.8) is 0 Å². The van der Waals surface area contributed by atoms with Crippen molar-refractivity contribution in [2.75, 3.05) is 13.2 Å². The lowest BCUT2D eigenvalue weighted by Crippen LogP contribution is -2.41. The molecular weight excluding hydrogens is 318 g/mol. The average molecular weight is 346 g/mol. The summed E-state index contributed by atoms with van der Waals surface area (Å²) in [5, 5.41) is 12.5. The molecule has 0 bridgehead atoms. The van der Waals surface area contributed by atoms with Gasteiger partial charge < -0.3 is 9.84 Å². The maximum absolute atomic E-state index is 10.4. The summed E-state index contributed by atoms with van der Waals surface area (Å²) in [4.78, 5) is 3.61. The summed E-state index contributed by atoms with van der Waals surface area (Å²) < 4.78 is 5.68. The fourth-order valence-corrected chi connectivity index (χ4v) is 3.72. The van der Waals surface area contributed by atoms with Crippen LogP contribution in [0, 0.1) is 5.92 Å². The van der Waals surface area contributed by atoms with Crippen molar-refractivity contribution in [1.82, 2.24) is 4.90 Å². The van der Waals surface area contributed by atoms with Crippen LogP contribution in [0.5, 0.6) is 0 Å². The van der Waals surface area contributed by atoms with E-state index in [1.54, 1.807) is 11.3 Å². The summed E-state index contributed by atoms with van der Waals surface area (Å²) in [6, 6.07) is 15.1. The van der Waals surface area contributed by atoms with Crippen LogP contribution in [0.15, 0.2) is 47.8 Å². The highest BCUT2D eigenvalue weighted by Gasteiger charge is 2.32. The average Bonchev–Trinajstić information content (AvgIpc) is 3.31. The number of hydrogen-bond donors (Lipinski definition) is 1. The number of ether oxygens (including phenoxy) is 1. The van der Waals surface area contributed by atoms with E-state index in [9.17, 15) is 5.11 Å². The number of benzene rings is 1. The highest BCUT2D eigenvalue weighted by atomic mass is 32.1. The zero-order valence-corrected chi connectivity index (χ0v) is 15.1. The first-order chi connectivity index (χ1) is 11.7. The Morgan fingerprint density at radius 2 is 2.00 bits per heavy atom. The molecular formula is C20H27NO2S. The Bertz CT molecular complexity index is 583. The first-order valence-corrected chi connectivity index (χ1v) is 9.66. The molecule has 1 saturated carbocycles. The highest BCUT2D eigenvalue weighted by Crippen LogP contribution is 2.35.